The Labute approximate surface area is 196 Å². The summed E-state index contributed by atoms with van der Waals surface area (Å²) in [5.74, 6) is 1.01. The molecular formula is C26H21ClFN3O2. The molecule has 0 saturated carbocycles. The molecule has 0 spiro atoms. The molecule has 0 bridgehead atoms. The van der Waals surface area contributed by atoms with Crippen LogP contribution in [0.1, 0.15) is 29.4 Å². The fourth-order valence-electron chi connectivity index (χ4n) is 3.38. The average Bonchev–Trinajstić information content (AvgIpc) is 3.21. The molecule has 0 aliphatic carbocycles. The molecule has 0 unspecified atom stereocenters. The molecule has 166 valence electrons. The molecule has 4 aromatic rings. The standard InChI is InChI=1S/C26H21ClFN3O2/c1-3-32-24-13-18(12-21(27)25(24)33-15-17-5-7-20(28)8-6-17)11-19(14-29)26-30-22-9-4-16(2)10-23(22)31-26/h4-13H,3,15H2,1-2H3,(H,30,31)/b19-11-. The minimum atomic E-state index is -0.309. The van der Waals surface area contributed by atoms with Crippen molar-refractivity contribution >= 4 is 34.3 Å². The number of aryl methyl sites for hydroxylation is 1. The van der Waals surface area contributed by atoms with Gasteiger partial charge in [0.15, 0.2) is 11.5 Å². The topological polar surface area (TPSA) is 70.9 Å². The normalized spacial score (nSPS) is 11.4. The highest BCUT2D eigenvalue weighted by atomic mass is 35.5. The number of allylic oxidation sites excluding steroid dienone is 1. The quantitative estimate of drug-likeness (QED) is 0.310. The lowest BCUT2D eigenvalue weighted by Gasteiger charge is -2.14. The fourth-order valence-corrected chi connectivity index (χ4v) is 3.66. The van der Waals surface area contributed by atoms with E-state index in [-0.39, 0.29) is 12.4 Å². The molecule has 1 heterocycles. The zero-order valence-electron chi connectivity index (χ0n) is 18.2. The van der Waals surface area contributed by atoms with E-state index in [1.807, 2.05) is 32.0 Å². The number of hydrogen-bond acceptors (Lipinski definition) is 4. The zero-order valence-corrected chi connectivity index (χ0v) is 18.9. The number of nitrogens with zero attached hydrogens (tertiary/aromatic N) is 2. The maximum atomic E-state index is 13.1. The summed E-state index contributed by atoms with van der Waals surface area (Å²) < 4.78 is 24.8. The van der Waals surface area contributed by atoms with Crippen LogP contribution in [0.4, 0.5) is 4.39 Å². The number of aromatic amines is 1. The maximum absolute atomic E-state index is 13.1. The first-order chi connectivity index (χ1) is 16.0. The Morgan fingerprint density at radius 3 is 2.67 bits per heavy atom. The van der Waals surface area contributed by atoms with Crippen LogP contribution < -0.4 is 9.47 Å². The van der Waals surface area contributed by atoms with Crippen LogP contribution >= 0.6 is 11.6 Å². The van der Waals surface area contributed by atoms with E-state index in [1.54, 1.807) is 30.3 Å². The number of benzene rings is 3. The largest absolute Gasteiger partial charge is 0.490 e. The van der Waals surface area contributed by atoms with Crippen molar-refractivity contribution in [2.24, 2.45) is 0 Å². The van der Waals surface area contributed by atoms with Gasteiger partial charge in [0.25, 0.3) is 0 Å². The SMILES string of the molecule is CCOc1cc(/C=C(/C#N)c2nc3ccc(C)cc3[nH]2)cc(Cl)c1OCc1ccc(F)cc1. The van der Waals surface area contributed by atoms with Crippen molar-refractivity contribution in [3.05, 3.63) is 88.0 Å². The van der Waals surface area contributed by atoms with Gasteiger partial charge in [-0.15, -0.1) is 0 Å². The molecule has 33 heavy (non-hydrogen) atoms. The monoisotopic (exact) mass is 461 g/mol. The summed E-state index contributed by atoms with van der Waals surface area (Å²) >= 11 is 6.52. The van der Waals surface area contributed by atoms with E-state index in [9.17, 15) is 9.65 Å². The fraction of sp³-hybridized carbons (Fsp3) is 0.154. The molecule has 0 aliphatic heterocycles. The van der Waals surface area contributed by atoms with Crippen molar-refractivity contribution < 1.29 is 13.9 Å². The van der Waals surface area contributed by atoms with E-state index in [0.29, 0.717) is 40.1 Å². The molecule has 5 nitrogen and oxygen atoms in total. The number of rotatable bonds is 7. The van der Waals surface area contributed by atoms with E-state index in [4.69, 9.17) is 21.1 Å². The molecule has 0 atom stereocenters. The van der Waals surface area contributed by atoms with Gasteiger partial charge < -0.3 is 14.5 Å². The van der Waals surface area contributed by atoms with Crippen LogP contribution in [0.15, 0.2) is 54.6 Å². The molecule has 0 aliphatic rings. The summed E-state index contributed by atoms with van der Waals surface area (Å²) in [6.07, 6.45) is 1.70. The molecule has 3 aromatic carbocycles. The van der Waals surface area contributed by atoms with E-state index in [2.05, 4.69) is 16.0 Å². The highest BCUT2D eigenvalue weighted by Gasteiger charge is 2.14. The summed E-state index contributed by atoms with van der Waals surface area (Å²) in [5.41, 5.74) is 4.58. The number of halogens is 2. The Hall–Kier alpha value is -3.82. The Balaban J connectivity index is 1.65. The third kappa shape index (κ3) is 5.16. The Morgan fingerprint density at radius 1 is 1.15 bits per heavy atom. The number of ether oxygens (including phenoxy) is 2. The lowest BCUT2D eigenvalue weighted by atomic mass is 10.1. The van der Waals surface area contributed by atoms with Crippen molar-refractivity contribution in [3.8, 4) is 17.6 Å². The van der Waals surface area contributed by atoms with Gasteiger partial charge in [-0.1, -0.05) is 29.8 Å². The van der Waals surface area contributed by atoms with Crippen molar-refractivity contribution in [3.63, 3.8) is 0 Å². The van der Waals surface area contributed by atoms with E-state index < -0.39 is 0 Å². The zero-order chi connectivity index (χ0) is 23.4. The van der Waals surface area contributed by atoms with E-state index >= 15 is 0 Å². The van der Waals surface area contributed by atoms with Crippen LogP contribution in [0.2, 0.25) is 5.02 Å². The first kappa shape index (κ1) is 22.4. The lowest BCUT2D eigenvalue weighted by molar-refractivity contribution is 0.269. The number of hydrogen-bond donors (Lipinski definition) is 1. The van der Waals surface area contributed by atoms with Gasteiger partial charge in [-0.25, -0.2) is 9.37 Å². The molecular weight excluding hydrogens is 441 g/mol. The van der Waals surface area contributed by atoms with Gasteiger partial charge in [0, 0.05) is 0 Å². The van der Waals surface area contributed by atoms with Crippen LogP contribution in [0.25, 0.3) is 22.7 Å². The predicted octanol–water partition coefficient (Wildman–Crippen LogP) is 6.71. The number of imidazole rings is 1. The Kier molecular flexibility index (Phi) is 6.62. The smallest absolute Gasteiger partial charge is 0.180 e. The third-order valence-electron chi connectivity index (χ3n) is 4.95. The number of nitrogens with one attached hydrogen (secondary N) is 1. The molecule has 0 fully saturated rings. The van der Waals surface area contributed by atoms with Gasteiger partial charge in [0.2, 0.25) is 0 Å². The van der Waals surface area contributed by atoms with E-state index in [1.165, 1.54) is 12.1 Å². The van der Waals surface area contributed by atoms with Crippen LogP contribution in [-0.4, -0.2) is 16.6 Å². The summed E-state index contributed by atoms with van der Waals surface area (Å²) in [5, 5.41) is 10.1. The van der Waals surface area contributed by atoms with Gasteiger partial charge >= 0.3 is 0 Å². The van der Waals surface area contributed by atoms with Gasteiger partial charge in [0.05, 0.1) is 28.2 Å². The summed E-state index contributed by atoms with van der Waals surface area (Å²) in [7, 11) is 0. The first-order valence-electron chi connectivity index (χ1n) is 10.4. The second-order valence-electron chi connectivity index (χ2n) is 7.45. The minimum Gasteiger partial charge on any atom is -0.490 e. The molecule has 0 saturated heterocycles. The van der Waals surface area contributed by atoms with Crippen molar-refractivity contribution in [2.45, 2.75) is 20.5 Å². The van der Waals surface area contributed by atoms with E-state index in [0.717, 1.165) is 22.2 Å². The molecule has 0 radical (unpaired) electrons. The van der Waals surface area contributed by atoms with Gasteiger partial charge in [-0.2, -0.15) is 5.26 Å². The summed E-state index contributed by atoms with van der Waals surface area (Å²) in [6, 6.07) is 17.6. The highest BCUT2D eigenvalue weighted by molar-refractivity contribution is 6.32. The third-order valence-corrected chi connectivity index (χ3v) is 5.23. The van der Waals surface area contributed by atoms with Gasteiger partial charge in [-0.3, -0.25) is 0 Å². The van der Waals surface area contributed by atoms with Crippen LogP contribution in [0.3, 0.4) is 0 Å². The highest BCUT2D eigenvalue weighted by Crippen LogP contribution is 2.38. The van der Waals surface area contributed by atoms with Crippen molar-refractivity contribution in [1.29, 1.82) is 5.26 Å². The minimum absolute atomic E-state index is 0.205. The number of aromatic nitrogens is 2. The predicted molar refractivity (Wildman–Crippen MR) is 128 cm³/mol. The second kappa shape index (κ2) is 9.76. The van der Waals surface area contributed by atoms with Crippen molar-refractivity contribution in [1.82, 2.24) is 9.97 Å². The Bertz CT molecular complexity index is 1370. The molecule has 0 amide bonds. The molecule has 1 N–H and O–H groups in total. The summed E-state index contributed by atoms with van der Waals surface area (Å²) in [4.78, 5) is 7.73. The Morgan fingerprint density at radius 2 is 1.94 bits per heavy atom. The lowest BCUT2D eigenvalue weighted by Crippen LogP contribution is -2.01. The second-order valence-corrected chi connectivity index (χ2v) is 7.86. The first-order valence-corrected chi connectivity index (χ1v) is 10.8. The molecule has 7 heteroatoms. The van der Waals surface area contributed by atoms with Crippen LogP contribution in [0.5, 0.6) is 11.5 Å². The number of H-pyrrole nitrogens is 1. The van der Waals surface area contributed by atoms with Crippen LogP contribution in [-0.2, 0) is 6.61 Å². The number of nitriles is 1. The van der Waals surface area contributed by atoms with Crippen molar-refractivity contribution in [2.75, 3.05) is 6.61 Å². The van der Waals surface area contributed by atoms with Gasteiger partial charge in [-0.05, 0) is 73.0 Å². The molecule has 4 rings (SSSR count). The average molecular weight is 462 g/mol. The van der Waals surface area contributed by atoms with Crippen LogP contribution in [0, 0.1) is 24.1 Å². The maximum Gasteiger partial charge on any atom is 0.180 e. The summed E-state index contributed by atoms with van der Waals surface area (Å²) in [6.45, 7) is 4.47. The number of fused-ring (bicyclic) bond motifs is 1. The van der Waals surface area contributed by atoms with Gasteiger partial charge in [0.1, 0.15) is 24.3 Å². The molecule has 1 aromatic heterocycles.